The van der Waals surface area contributed by atoms with E-state index in [1.165, 1.54) is 6.20 Å². The average molecular weight is 469 g/mol. The Kier molecular flexibility index (Phi) is 7.00. The lowest BCUT2D eigenvalue weighted by molar-refractivity contribution is -0.117. The lowest BCUT2D eigenvalue weighted by Crippen LogP contribution is -2.39. The van der Waals surface area contributed by atoms with Gasteiger partial charge in [0.1, 0.15) is 17.1 Å². The van der Waals surface area contributed by atoms with Crippen molar-refractivity contribution in [3.63, 3.8) is 0 Å². The normalized spacial score (nSPS) is 15.2. The third-order valence-corrected chi connectivity index (χ3v) is 6.43. The van der Waals surface area contributed by atoms with Crippen LogP contribution < -0.4 is 10.6 Å². The maximum atomic E-state index is 13.0. The second-order valence-corrected chi connectivity index (χ2v) is 9.34. The van der Waals surface area contributed by atoms with E-state index in [-0.39, 0.29) is 11.7 Å². The highest BCUT2D eigenvalue weighted by Crippen LogP contribution is 2.34. The molecule has 0 atom stereocenters. The topological polar surface area (TPSA) is 87.5 Å². The summed E-state index contributed by atoms with van der Waals surface area (Å²) in [4.78, 5) is 32.5. The van der Waals surface area contributed by atoms with Gasteiger partial charge in [-0.3, -0.25) is 9.59 Å². The number of rotatable bonds is 6. The summed E-state index contributed by atoms with van der Waals surface area (Å²) in [5, 5.41) is 6.86. The van der Waals surface area contributed by atoms with E-state index in [2.05, 4.69) is 34.4 Å². The van der Waals surface area contributed by atoms with Crippen LogP contribution in [0.1, 0.15) is 49.2 Å². The van der Waals surface area contributed by atoms with Crippen LogP contribution in [0.2, 0.25) is 5.02 Å². The Balaban J connectivity index is 1.53. The Morgan fingerprint density at radius 3 is 2.61 bits per heavy atom. The van der Waals surface area contributed by atoms with Crippen LogP contribution in [0.25, 0.3) is 11.0 Å². The van der Waals surface area contributed by atoms with Crippen molar-refractivity contribution in [3.05, 3.63) is 52.9 Å². The van der Waals surface area contributed by atoms with Gasteiger partial charge in [0.2, 0.25) is 11.7 Å². The first-order chi connectivity index (χ1) is 15.8. The largest absolute Gasteiger partial charge is 0.448 e. The number of aryl methyl sites for hydroxylation is 1. The minimum atomic E-state index is -0.485. The lowest BCUT2D eigenvalue weighted by atomic mass is 9.92. The highest BCUT2D eigenvalue weighted by atomic mass is 35.5. The number of halogens is 1. The fourth-order valence-corrected chi connectivity index (χ4v) is 4.40. The van der Waals surface area contributed by atoms with Gasteiger partial charge in [0.15, 0.2) is 0 Å². The van der Waals surface area contributed by atoms with Gasteiger partial charge in [-0.1, -0.05) is 23.7 Å². The van der Waals surface area contributed by atoms with Gasteiger partial charge < -0.3 is 20.0 Å². The molecular formula is C25H29ClN4O3. The average Bonchev–Trinajstić information content (AvgIpc) is 3.15. The number of nitrogens with one attached hydrogen (secondary N) is 2. The predicted octanol–water partition coefficient (Wildman–Crippen LogP) is 5.49. The summed E-state index contributed by atoms with van der Waals surface area (Å²) < 4.78 is 5.93. The number of amides is 2. The summed E-state index contributed by atoms with van der Waals surface area (Å²) in [7, 11) is 0. The SMILES string of the molecule is Cc1cccc2c(NC(=O)CC3CCN(C(C)C)CC3)c(C(=O)Nc3ccc(Cl)cn3)oc12. The van der Waals surface area contributed by atoms with E-state index in [1.54, 1.807) is 12.1 Å². The van der Waals surface area contributed by atoms with Crippen molar-refractivity contribution >= 4 is 45.9 Å². The van der Waals surface area contributed by atoms with E-state index >= 15 is 0 Å². The molecule has 4 rings (SSSR count). The maximum Gasteiger partial charge on any atom is 0.294 e. The minimum absolute atomic E-state index is 0.0547. The summed E-state index contributed by atoms with van der Waals surface area (Å²) in [5.74, 6) is 0.132. The third-order valence-electron chi connectivity index (χ3n) is 6.21. The second kappa shape index (κ2) is 9.93. The van der Waals surface area contributed by atoms with Crippen LogP contribution in [-0.4, -0.2) is 40.8 Å². The Bertz CT molecular complexity index is 1150. The van der Waals surface area contributed by atoms with Crippen LogP contribution in [-0.2, 0) is 4.79 Å². The highest BCUT2D eigenvalue weighted by Gasteiger charge is 2.26. The van der Waals surface area contributed by atoms with Gasteiger partial charge in [0.25, 0.3) is 5.91 Å². The zero-order valence-corrected chi connectivity index (χ0v) is 19.9. The molecule has 174 valence electrons. The predicted molar refractivity (Wildman–Crippen MR) is 131 cm³/mol. The molecule has 1 fully saturated rings. The number of fused-ring (bicyclic) bond motifs is 1. The fourth-order valence-electron chi connectivity index (χ4n) is 4.29. The summed E-state index contributed by atoms with van der Waals surface area (Å²) in [6.45, 7) is 8.31. The molecule has 1 aliphatic heterocycles. The van der Waals surface area contributed by atoms with E-state index < -0.39 is 5.91 Å². The smallest absolute Gasteiger partial charge is 0.294 e. The van der Waals surface area contributed by atoms with Crippen molar-refractivity contribution in [3.8, 4) is 0 Å². The van der Waals surface area contributed by atoms with Gasteiger partial charge in [0.05, 0.1) is 5.02 Å². The van der Waals surface area contributed by atoms with Gasteiger partial charge in [-0.05, 0) is 76.4 Å². The van der Waals surface area contributed by atoms with E-state index in [9.17, 15) is 9.59 Å². The molecule has 33 heavy (non-hydrogen) atoms. The number of furan rings is 1. The molecule has 0 saturated carbocycles. The van der Waals surface area contributed by atoms with Crippen molar-refractivity contribution in [2.45, 2.75) is 46.1 Å². The van der Waals surface area contributed by atoms with Crippen LogP contribution in [0.15, 0.2) is 40.9 Å². The van der Waals surface area contributed by atoms with Crippen molar-refractivity contribution < 1.29 is 14.0 Å². The molecule has 2 amide bonds. The molecule has 0 bridgehead atoms. The van der Waals surface area contributed by atoms with Crippen LogP contribution >= 0.6 is 11.6 Å². The number of para-hydroxylation sites is 1. The zero-order chi connectivity index (χ0) is 23.5. The Hall–Kier alpha value is -2.90. The van der Waals surface area contributed by atoms with Crippen molar-refractivity contribution in [1.82, 2.24) is 9.88 Å². The number of hydrogen-bond acceptors (Lipinski definition) is 5. The highest BCUT2D eigenvalue weighted by molar-refractivity contribution is 6.30. The van der Waals surface area contributed by atoms with Gasteiger partial charge in [0, 0.05) is 24.0 Å². The number of hydrogen-bond donors (Lipinski definition) is 2. The monoisotopic (exact) mass is 468 g/mol. The van der Waals surface area contributed by atoms with Crippen LogP contribution in [0, 0.1) is 12.8 Å². The molecular weight excluding hydrogens is 440 g/mol. The number of pyridine rings is 1. The van der Waals surface area contributed by atoms with Gasteiger partial charge in [-0.2, -0.15) is 0 Å². The number of piperidine rings is 1. The van der Waals surface area contributed by atoms with Crippen molar-refractivity contribution in [2.24, 2.45) is 5.92 Å². The van der Waals surface area contributed by atoms with Crippen LogP contribution in [0.5, 0.6) is 0 Å². The minimum Gasteiger partial charge on any atom is -0.448 e. The number of anilines is 2. The third kappa shape index (κ3) is 5.37. The zero-order valence-electron chi connectivity index (χ0n) is 19.2. The van der Waals surface area contributed by atoms with Gasteiger partial charge in [-0.15, -0.1) is 0 Å². The van der Waals surface area contributed by atoms with Crippen LogP contribution in [0.4, 0.5) is 11.5 Å². The fraction of sp³-hybridized carbons (Fsp3) is 0.400. The summed E-state index contributed by atoms with van der Waals surface area (Å²) >= 11 is 5.88. The van der Waals surface area contributed by atoms with E-state index in [4.69, 9.17) is 16.0 Å². The molecule has 7 nitrogen and oxygen atoms in total. The second-order valence-electron chi connectivity index (χ2n) is 8.90. The summed E-state index contributed by atoms with van der Waals surface area (Å²) in [6, 6.07) is 9.40. The first-order valence-electron chi connectivity index (χ1n) is 11.3. The Morgan fingerprint density at radius 2 is 1.94 bits per heavy atom. The van der Waals surface area contributed by atoms with E-state index in [1.807, 2.05) is 25.1 Å². The quantitative estimate of drug-likeness (QED) is 0.499. The van der Waals surface area contributed by atoms with E-state index in [0.29, 0.717) is 45.9 Å². The summed E-state index contributed by atoms with van der Waals surface area (Å²) in [5.41, 5.74) is 1.85. The summed E-state index contributed by atoms with van der Waals surface area (Å²) in [6.07, 6.45) is 3.86. The first-order valence-corrected chi connectivity index (χ1v) is 11.7. The van der Waals surface area contributed by atoms with Gasteiger partial charge in [-0.25, -0.2) is 4.98 Å². The van der Waals surface area contributed by atoms with Crippen molar-refractivity contribution in [2.75, 3.05) is 23.7 Å². The maximum absolute atomic E-state index is 13.0. The molecule has 3 heterocycles. The molecule has 0 aliphatic carbocycles. The molecule has 8 heteroatoms. The number of aromatic nitrogens is 1. The number of benzene rings is 1. The lowest BCUT2D eigenvalue weighted by Gasteiger charge is -2.34. The van der Waals surface area contributed by atoms with Crippen molar-refractivity contribution in [1.29, 1.82) is 0 Å². The number of carbonyl (C=O) groups excluding carboxylic acids is 2. The molecule has 1 saturated heterocycles. The molecule has 3 aromatic rings. The molecule has 0 radical (unpaired) electrons. The number of carbonyl (C=O) groups is 2. The van der Waals surface area contributed by atoms with Gasteiger partial charge >= 0.3 is 0 Å². The molecule has 0 spiro atoms. The number of nitrogens with zero attached hydrogens (tertiary/aromatic N) is 2. The molecule has 2 N–H and O–H groups in total. The number of likely N-dealkylation sites (tertiary alicyclic amines) is 1. The first kappa shape index (κ1) is 23.3. The molecule has 0 unspecified atom stereocenters. The molecule has 1 aromatic carbocycles. The molecule has 2 aromatic heterocycles. The molecule has 1 aliphatic rings. The van der Waals surface area contributed by atoms with E-state index in [0.717, 1.165) is 31.5 Å². The van der Waals surface area contributed by atoms with Crippen LogP contribution in [0.3, 0.4) is 0 Å². The Morgan fingerprint density at radius 1 is 1.18 bits per heavy atom. The standard InChI is InChI=1S/C25H29ClN4O3/c1-15(2)30-11-9-17(10-12-30)13-21(31)29-22-19-6-4-5-16(3)23(19)33-24(22)25(32)28-20-8-7-18(26)14-27-20/h4-8,14-15,17H,9-13H2,1-3H3,(H,29,31)(H,27,28,32). The Labute approximate surface area is 198 Å².